The quantitative estimate of drug-likeness (QED) is 0.173. The molecule has 1 saturated heterocycles. The van der Waals surface area contributed by atoms with Crippen LogP contribution in [-0.4, -0.2) is 85.7 Å². The molecule has 5 fully saturated rings. The summed E-state index contributed by atoms with van der Waals surface area (Å²) in [5.74, 6) is 3.99. The Morgan fingerprint density at radius 3 is 2.41 bits per heavy atom. The first-order valence-electron chi connectivity index (χ1n) is 23.2. The number of sulfone groups is 1. The highest BCUT2D eigenvalue weighted by Crippen LogP contribution is 2.76. The van der Waals surface area contributed by atoms with E-state index in [1.807, 2.05) is 6.92 Å². The Balaban J connectivity index is 1.01. The number of rotatable bonds is 11. The Hall–Kier alpha value is -2.56. The van der Waals surface area contributed by atoms with E-state index in [4.69, 9.17) is 9.47 Å². The molecular formula is C49H74N4O5S. The molecule has 10 heteroatoms. The minimum Gasteiger partial charge on any atom is -0.476 e. The first-order chi connectivity index (χ1) is 27.9. The minimum absolute atomic E-state index is 0.0278. The summed E-state index contributed by atoms with van der Waals surface area (Å²) in [5, 5.41) is 4.23. The second kappa shape index (κ2) is 15.7. The number of nitrogens with one attached hydrogen (secondary N) is 1. The van der Waals surface area contributed by atoms with Crippen molar-refractivity contribution in [1.29, 1.82) is 0 Å². The predicted molar refractivity (Wildman–Crippen MR) is 234 cm³/mol. The van der Waals surface area contributed by atoms with Crippen molar-refractivity contribution in [3.05, 3.63) is 54.0 Å². The van der Waals surface area contributed by atoms with Crippen LogP contribution in [0.15, 0.2) is 54.0 Å². The summed E-state index contributed by atoms with van der Waals surface area (Å²) in [6.45, 7) is 25.8. The van der Waals surface area contributed by atoms with Gasteiger partial charge in [0, 0.05) is 44.0 Å². The summed E-state index contributed by atoms with van der Waals surface area (Å²) in [7, 11) is -2.87. The normalized spacial score (nSPS) is 41.2. The van der Waals surface area contributed by atoms with Gasteiger partial charge in [0.05, 0.1) is 18.1 Å². The van der Waals surface area contributed by atoms with Crippen molar-refractivity contribution >= 4 is 15.8 Å². The van der Waals surface area contributed by atoms with Crippen LogP contribution in [0.3, 0.4) is 0 Å². The van der Waals surface area contributed by atoms with E-state index in [1.54, 1.807) is 12.3 Å². The van der Waals surface area contributed by atoms with Crippen molar-refractivity contribution in [2.75, 3.05) is 50.9 Å². The van der Waals surface area contributed by atoms with Crippen LogP contribution < -0.4 is 10.1 Å². The van der Waals surface area contributed by atoms with Crippen LogP contribution in [-0.2, 0) is 19.4 Å². The number of aromatic nitrogens is 2. The number of carbonyl (C=O) groups excluding carboxylic acids is 1. The van der Waals surface area contributed by atoms with Gasteiger partial charge in [-0.3, -0.25) is 4.79 Å². The molecule has 9 nitrogen and oxygen atoms in total. The Kier molecular flexibility index (Phi) is 11.4. The molecule has 2 heterocycles. The largest absolute Gasteiger partial charge is 0.476 e. The standard InChI is InChI=1S/C49H74N4O5S/c1-9-57-43(54)48(32-58-41-17-25-50-33-51-41)20-12-35(13-21-48)37-15-18-45(6)39(44(37,4)5)16-19-47(8)40(45)11-10-38-42-36(34(2)3)14-22-49(42,24-23-46(38,47)7)52-26-27-53-28-30-59(55,56)31-29-53/h12,15,17,25,33,36,38-40,42,52H,2,9-11,13-14,16,18-24,26-32H2,1,3-8H3/t36-,38+,39?,40?,42?,45-,46+,47+,48-,49-/m0/s1. The van der Waals surface area contributed by atoms with Gasteiger partial charge in [0.25, 0.3) is 0 Å². The van der Waals surface area contributed by atoms with Gasteiger partial charge in [0.15, 0.2) is 9.84 Å². The number of nitrogens with zero attached hydrogens (tertiary/aromatic N) is 3. The maximum Gasteiger partial charge on any atom is 0.315 e. The summed E-state index contributed by atoms with van der Waals surface area (Å²) in [4.78, 5) is 24.1. The average Bonchev–Trinajstić information content (AvgIpc) is 3.59. The van der Waals surface area contributed by atoms with Crippen LogP contribution in [0.2, 0.25) is 0 Å². The molecule has 0 aromatic carbocycles. The lowest BCUT2D eigenvalue weighted by Crippen LogP contribution is -2.68. The second-order valence-electron chi connectivity index (χ2n) is 21.6. The lowest BCUT2D eigenvalue weighted by Gasteiger charge is -2.72. The Labute approximate surface area is 356 Å². The first kappa shape index (κ1) is 43.1. The van der Waals surface area contributed by atoms with Gasteiger partial charge in [-0.05, 0) is 153 Å². The summed E-state index contributed by atoms with van der Waals surface area (Å²) in [6, 6.07) is 1.74. The molecule has 0 radical (unpaired) electrons. The molecule has 8 rings (SSSR count). The number of hydrogen-bond acceptors (Lipinski definition) is 9. The van der Waals surface area contributed by atoms with Gasteiger partial charge in [-0.25, -0.2) is 18.4 Å². The zero-order valence-corrected chi connectivity index (χ0v) is 38.2. The minimum atomic E-state index is -2.87. The lowest BCUT2D eigenvalue weighted by atomic mass is 9.33. The summed E-state index contributed by atoms with van der Waals surface area (Å²) in [5.41, 5.74) is 4.49. The van der Waals surface area contributed by atoms with Gasteiger partial charge < -0.3 is 19.7 Å². The van der Waals surface area contributed by atoms with E-state index in [0.717, 1.165) is 25.9 Å². The van der Waals surface area contributed by atoms with Gasteiger partial charge in [-0.2, -0.15) is 0 Å². The molecule has 0 bridgehead atoms. The van der Waals surface area contributed by atoms with Crippen LogP contribution in [0.25, 0.3) is 0 Å². The van der Waals surface area contributed by atoms with E-state index < -0.39 is 15.3 Å². The molecule has 1 aliphatic heterocycles. The lowest BCUT2D eigenvalue weighted by molar-refractivity contribution is -0.221. The fraction of sp³-hybridized carbons (Fsp3) is 0.776. The molecular weight excluding hydrogens is 757 g/mol. The summed E-state index contributed by atoms with van der Waals surface area (Å²) >= 11 is 0. The molecule has 0 amide bonds. The van der Waals surface area contributed by atoms with Crippen molar-refractivity contribution in [3.8, 4) is 5.88 Å². The summed E-state index contributed by atoms with van der Waals surface area (Å²) in [6.07, 6.45) is 21.5. The van der Waals surface area contributed by atoms with Crippen molar-refractivity contribution in [2.45, 2.75) is 131 Å². The van der Waals surface area contributed by atoms with E-state index in [1.165, 1.54) is 74.4 Å². The molecule has 1 aromatic rings. The van der Waals surface area contributed by atoms with E-state index in [9.17, 15) is 13.2 Å². The molecule has 4 saturated carbocycles. The molecule has 7 aliphatic rings. The van der Waals surface area contributed by atoms with Crippen LogP contribution in [0.4, 0.5) is 0 Å². The second-order valence-corrected chi connectivity index (χ2v) is 23.9. The van der Waals surface area contributed by atoms with Gasteiger partial charge in [0.2, 0.25) is 5.88 Å². The van der Waals surface area contributed by atoms with Crippen molar-refractivity contribution in [1.82, 2.24) is 20.2 Å². The highest BCUT2D eigenvalue weighted by atomic mass is 32.2. The third-order valence-corrected chi connectivity index (χ3v) is 20.3. The van der Waals surface area contributed by atoms with Gasteiger partial charge >= 0.3 is 5.97 Å². The fourth-order valence-electron chi connectivity index (χ4n) is 15.4. The SMILES string of the molecule is C=C(C)[C@@H]1CC[C@]2(NCCN3CCS(=O)(=O)CC3)CC[C@]3(C)[C@H](CCC4[C@@]5(C)CC=C(C6=CC[C@](COc7ccncn7)(C(=O)OCC)CC6)C(C)(C)C5CC[C@]43C)C12. The number of fused-ring (bicyclic) bond motifs is 7. The Morgan fingerprint density at radius 1 is 0.949 bits per heavy atom. The Bertz CT molecular complexity index is 1930. The molecule has 59 heavy (non-hydrogen) atoms. The van der Waals surface area contributed by atoms with Crippen molar-refractivity contribution in [3.63, 3.8) is 0 Å². The smallest absolute Gasteiger partial charge is 0.315 e. The number of hydrogen-bond donors (Lipinski definition) is 1. The number of esters is 1. The molecule has 326 valence electrons. The number of allylic oxidation sites excluding steroid dienone is 5. The van der Waals surface area contributed by atoms with E-state index in [-0.39, 0.29) is 39.8 Å². The monoisotopic (exact) mass is 831 g/mol. The summed E-state index contributed by atoms with van der Waals surface area (Å²) < 4.78 is 36.0. The van der Waals surface area contributed by atoms with Gasteiger partial charge in [-0.1, -0.05) is 58.9 Å². The van der Waals surface area contributed by atoms with Crippen LogP contribution >= 0.6 is 0 Å². The molecule has 0 spiro atoms. The van der Waals surface area contributed by atoms with Crippen LogP contribution in [0.1, 0.15) is 126 Å². The van der Waals surface area contributed by atoms with E-state index in [2.05, 4.69) is 80.5 Å². The average molecular weight is 831 g/mol. The third-order valence-electron chi connectivity index (χ3n) is 18.7. The number of ether oxygens (including phenoxy) is 2. The predicted octanol–water partition coefficient (Wildman–Crippen LogP) is 8.78. The van der Waals surface area contributed by atoms with Crippen molar-refractivity contribution in [2.24, 2.45) is 56.7 Å². The third kappa shape index (κ3) is 7.19. The first-order valence-corrected chi connectivity index (χ1v) is 25.1. The van der Waals surface area contributed by atoms with Crippen LogP contribution in [0.5, 0.6) is 5.88 Å². The van der Waals surface area contributed by atoms with Gasteiger partial charge in [0.1, 0.15) is 18.3 Å². The Morgan fingerprint density at radius 2 is 1.73 bits per heavy atom. The zero-order chi connectivity index (χ0) is 42.1. The molecule has 1 N–H and O–H groups in total. The molecule has 6 aliphatic carbocycles. The van der Waals surface area contributed by atoms with Crippen molar-refractivity contribution < 1.29 is 22.7 Å². The maximum absolute atomic E-state index is 13.5. The highest BCUT2D eigenvalue weighted by molar-refractivity contribution is 7.91. The topological polar surface area (TPSA) is 111 Å². The molecule has 1 aromatic heterocycles. The van der Waals surface area contributed by atoms with Gasteiger partial charge in [-0.15, -0.1) is 0 Å². The van der Waals surface area contributed by atoms with E-state index in [0.29, 0.717) is 79.5 Å². The zero-order valence-electron chi connectivity index (χ0n) is 37.4. The number of carbonyl (C=O) groups is 1. The van der Waals surface area contributed by atoms with Crippen LogP contribution in [0, 0.1) is 56.7 Å². The maximum atomic E-state index is 13.5. The van der Waals surface area contributed by atoms with E-state index >= 15 is 0 Å². The fourth-order valence-corrected chi connectivity index (χ4v) is 16.7. The highest BCUT2D eigenvalue weighted by Gasteiger charge is 2.70. The molecule has 3 unspecified atom stereocenters. The molecule has 10 atom stereocenters.